The molecule has 1 N–H and O–H groups in total. The first-order valence-electron chi connectivity index (χ1n) is 8.26. The molecule has 2 fully saturated rings. The molecule has 1 aromatic carbocycles. The predicted octanol–water partition coefficient (Wildman–Crippen LogP) is 1.76. The smallest absolute Gasteiger partial charge is 0.246 e. The first-order valence-corrected chi connectivity index (χ1v) is 8.26. The molecule has 25 heavy (non-hydrogen) atoms. The maximum Gasteiger partial charge on any atom is 0.246 e. The molecule has 1 aromatic heterocycles. The third-order valence-corrected chi connectivity index (χ3v) is 4.47. The van der Waals surface area contributed by atoms with E-state index in [-0.39, 0.29) is 37.1 Å². The van der Waals surface area contributed by atoms with Crippen LogP contribution in [0.4, 0.5) is 10.1 Å². The van der Waals surface area contributed by atoms with E-state index >= 15 is 0 Å². The number of carbonyl (C=O) groups excluding carboxylic acids is 2. The van der Waals surface area contributed by atoms with E-state index in [1.807, 2.05) is 0 Å². The van der Waals surface area contributed by atoms with Crippen LogP contribution in [-0.4, -0.2) is 28.5 Å². The van der Waals surface area contributed by atoms with Gasteiger partial charge in [-0.05, 0) is 37.1 Å². The van der Waals surface area contributed by atoms with Gasteiger partial charge >= 0.3 is 0 Å². The van der Waals surface area contributed by atoms with E-state index in [0.29, 0.717) is 23.3 Å². The molecule has 2 amide bonds. The molecule has 2 heterocycles. The molecule has 1 saturated heterocycles. The van der Waals surface area contributed by atoms with E-state index < -0.39 is 5.92 Å². The molecule has 0 bridgehead atoms. The van der Waals surface area contributed by atoms with E-state index in [1.54, 1.807) is 0 Å². The number of nitrogens with one attached hydrogen (secondary N) is 1. The number of benzene rings is 1. The minimum atomic E-state index is -0.455. The average Bonchev–Trinajstić information content (AvgIpc) is 3.22. The van der Waals surface area contributed by atoms with Crippen LogP contribution in [0.5, 0.6) is 0 Å². The average molecular weight is 344 g/mol. The summed E-state index contributed by atoms with van der Waals surface area (Å²) in [6.45, 7) is 0.424. The molecule has 1 aliphatic heterocycles. The van der Waals surface area contributed by atoms with Gasteiger partial charge in [-0.25, -0.2) is 4.39 Å². The summed E-state index contributed by atoms with van der Waals surface area (Å²) in [5.41, 5.74) is 0.590. The summed E-state index contributed by atoms with van der Waals surface area (Å²) in [5, 5.41) is 6.64. The van der Waals surface area contributed by atoms with E-state index in [4.69, 9.17) is 4.52 Å². The molecule has 8 heteroatoms. The van der Waals surface area contributed by atoms with Crippen LogP contribution in [0.15, 0.2) is 28.8 Å². The Morgan fingerprint density at radius 3 is 2.80 bits per heavy atom. The van der Waals surface area contributed by atoms with Gasteiger partial charge in [0.2, 0.25) is 17.7 Å². The Balaban J connectivity index is 1.34. The minimum Gasteiger partial charge on any atom is -0.347 e. The van der Waals surface area contributed by atoms with Gasteiger partial charge in [0.1, 0.15) is 5.82 Å². The van der Waals surface area contributed by atoms with Crippen LogP contribution in [0.1, 0.15) is 36.9 Å². The van der Waals surface area contributed by atoms with Crippen molar-refractivity contribution in [3.63, 3.8) is 0 Å². The lowest BCUT2D eigenvalue weighted by Crippen LogP contribution is -2.32. The standard InChI is InChI=1S/C17H17FN4O3/c18-12-3-5-13(6-4-12)22-9-11(7-15(22)23)17(24)19-8-14-20-16(21-25-14)10-1-2-10/h3-6,10-11H,1-2,7-9H2,(H,19,24)/t11-/m1/s1. The molecule has 7 nitrogen and oxygen atoms in total. The first kappa shape index (κ1) is 15.7. The second-order valence-electron chi connectivity index (χ2n) is 6.42. The predicted molar refractivity (Wildman–Crippen MR) is 85.0 cm³/mol. The van der Waals surface area contributed by atoms with Gasteiger partial charge in [0.05, 0.1) is 12.5 Å². The van der Waals surface area contributed by atoms with Crippen molar-refractivity contribution in [3.05, 3.63) is 41.8 Å². The Labute approximate surface area is 143 Å². The summed E-state index contributed by atoms with van der Waals surface area (Å²) >= 11 is 0. The van der Waals surface area contributed by atoms with Crippen LogP contribution in [0.2, 0.25) is 0 Å². The van der Waals surface area contributed by atoms with Crippen LogP contribution >= 0.6 is 0 Å². The quantitative estimate of drug-likeness (QED) is 0.893. The van der Waals surface area contributed by atoms with Crippen molar-refractivity contribution < 1.29 is 18.5 Å². The van der Waals surface area contributed by atoms with Crippen LogP contribution in [0, 0.1) is 11.7 Å². The summed E-state index contributed by atoms with van der Waals surface area (Å²) in [7, 11) is 0. The summed E-state index contributed by atoms with van der Waals surface area (Å²) in [5.74, 6) is 0.255. The molecule has 0 spiro atoms. The number of halogens is 1. The maximum absolute atomic E-state index is 13.0. The zero-order valence-corrected chi connectivity index (χ0v) is 13.4. The Morgan fingerprint density at radius 1 is 1.32 bits per heavy atom. The van der Waals surface area contributed by atoms with E-state index in [9.17, 15) is 14.0 Å². The van der Waals surface area contributed by atoms with E-state index in [1.165, 1.54) is 29.2 Å². The molecule has 0 unspecified atom stereocenters. The van der Waals surface area contributed by atoms with Gasteiger partial charge in [0, 0.05) is 24.6 Å². The van der Waals surface area contributed by atoms with E-state index in [0.717, 1.165) is 12.8 Å². The molecule has 4 rings (SSSR count). The monoisotopic (exact) mass is 344 g/mol. The van der Waals surface area contributed by atoms with Gasteiger partial charge in [0.25, 0.3) is 0 Å². The van der Waals surface area contributed by atoms with Gasteiger partial charge in [-0.2, -0.15) is 4.98 Å². The Hall–Kier alpha value is -2.77. The Kier molecular flexibility index (Phi) is 3.95. The molecule has 0 radical (unpaired) electrons. The Morgan fingerprint density at radius 2 is 2.08 bits per heavy atom. The number of aromatic nitrogens is 2. The van der Waals surface area contributed by atoms with Crippen LogP contribution in [-0.2, 0) is 16.1 Å². The molecule has 2 aliphatic rings. The van der Waals surface area contributed by atoms with Crippen LogP contribution in [0.3, 0.4) is 0 Å². The SMILES string of the molecule is O=C(NCc1nc(C2CC2)no1)[C@@H]1CC(=O)N(c2ccc(F)cc2)C1. The topological polar surface area (TPSA) is 88.3 Å². The molecule has 2 aromatic rings. The number of rotatable bonds is 5. The Bertz CT molecular complexity index is 800. The van der Waals surface area contributed by atoms with Crippen molar-refractivity contribution in [2.75, 3.05) is 11.4 Å². The van der Waals surface area contributed by atoms with Crippen molar-refractivity contribution >= 4 is 17.5 Å². The highest BCUT2D eigenvalue weighted by atomic mass is 19.1. The maximum atomic E-state index is 13.0. The van der Waals surface area contributed by atoms with Crippen molar-refractivity contribution in [2.24, 2.45) is 5.92 Å². The highest BCUT2D eigenvalue weighted by Gasteiger charge is 2.35. The highest BCUT2D eigenvalue weighted by Crippen LogP contribution is 2.38. The molecular formula is C17H17FN4O3. The number of nitrogens with zero attached hydrogens (tertiary/aromatic N) is 3. The van der Waals surface area contributed by atoms with Crippen molar-refractivity contribution in [2.45, 2.75) is 31.7 Å². The normalized spacial score (nSPS) is 20.1. The lowest BCUT2D eigenvalue weighted by Gasteiger charge is -2.16. The molecule has 1 saturated carbocycles. The largest absolute Gasteiger partial charge is 0.347 e. The first-order chi connectivity index (χ1) is 12.1. The summed E-state index contributed by atoms with van der Waals surface area (Å²) in [4.78, 5) is 30.2. The van der Waals surface area contributed by atoms with Gasteiger partial charge < -0.3 is 14.7 Å². The fourth-order valence-corrected chi connectivity index (χ4v) is 2.91. The molecule has 1 atom stereocenters. The number of hydrogen-bond acceptors (Lipinski definition) is 5. The van der Waals surface area contributed by atoms with Gasteiger partial charge in [-0.1, -0.05) is 5.16 Å². The third kappa shape index (κ3) is 3.38. The second-order valence-corrected chi connectivity index (χ2v) is 6.42. The molecular weight excluding hydrogens is 327 g/mol. The number of amides is 2. The summed E-state index contributed by atoms with van der Waals surface area (Å²) in [6, 6.07) is 5.66. The van der Waals surface area contributed by atoms with Gasteiger partial charge in [-0.15, -0.1) is 0 Å². The number of hydrogen-bond donors (Lipinski definition) is 1. The number of anilines is 1. The highest BCUT2D eigenvalue weighted by molar-refractivity contribution is 6.00. The van der Waals surface area contributed by atoms with Gasteiger partial charge in [0.15, 0.2) is 5.82 Å². The number of carbonyl (C=O) groups is 2. The lowest BCUT2D eigenvalue weighted by atomic mass is 10.1. The third-order valence-electron chi connectivity index (χ3n) is 4.47. The van der Waals surface area contributed by atoms with Crippen LogP contribution < -0.4 is 10.2 Å². The summed E-state index contributed by atoms with van der Waals surface area (Å²) in [6.07, 6.45) is 2.28. The minimum absolute atomic E-state index is 0.125. The van der Waals surface area contributed by atoms with Crippen molar-refractivity contribution in [1.29, 1.82) is 0 Å². The van der Waals surface area contributed by atoms with E-state index in [2.05, 4.69) is 15.5 Å². The zero-order valence-electron chi connectivity index (χ0n) is 13.4. The fraction of sp³-hybridized carbons (Fsp3) is 0.412. The molecule has 1 aliphatic carbocycles. The summed E-state index contributed by atoms with van der Waals surface area (Å²) < 4.78 is 18.1. The molecule has 130 valence electrons. The van der Waals surface area contributed by atoms with Crippen LogP contribution in [0.25, 0.3) is 0 Å². The van der Waals surface area contributed by atoms with Crippen molar-refractivity contribution in [3.8, 4) is 0 Å². The zero-order chi connectivity index (χ0) is 17.4. The fourth-order valence-electron chi connectivity index (χ4n) is 2.91. The lowest BCUT2D eigenvalue weighted by molar-refractivity contribution is -0.126. The van der Waals surface area contributed by atoms with Crippen molar-refractivity contribution in [1.82, 2.24) is 15.5 Å². The van der Waals surface area contributed by atoms with Gasteiger partial charge in [-0.3, -0.25) is 9.59 Å². The second kappa shape index (κ2) is 6.27.